The first-order valence-corrected chi connectivity index (χ1v) is 14.1. The van der Waals surface area contributed by atoms with Crippen LogP contribution in [-0.2, 0) is 19.1 Å². The fourth-order valence-corrected chi connectivity index (χ4v) is 6.55. The van der Waals surface area contributed by atoms with Gasteiger partial charge in [0.2, 0.25) is 17.7 Å². The van der Waals surface area contributed by atoms with E-state index in [1.54, 1.807) is 14.7 Å². The summed E-state index contributed by atoms with van der Waals surface area (Å²) in [4.78, 5) is 47.5. The van der Waals surface area contributed by atoms with E-state index < -0.39 is 29.6 Å². The molecule has 5 rings (SSSR count). The van der Waals surface area contributed by atoms with Crippen LogP contribution in [0.5, 0.6) is 5.75 Å². The molecule has 2 saturated heterocycles. The zero-order valence-corrected chi connectivity index (χ0v) is 23.0. The van der Waals surface area contributed by atoms with Gasteiger partial charge in [-0.25, -0.2) is 0 Å². The maximum absolute atomic E-state index is 14.2. The average Bonchev–Trinajstić information content (AvgIpc) is 3.22. The van der Waals surface area contributed by atoms with Gasteiger partial charge in [0.25, 0.3) is 0 Å². The number of benzene rings is 1. The normalized spacial score (nSPS) is 30.0. The third-order valence-corrected chi connectivity index (χ3v) is 8.33. The first kappa shape index (κ1) is 27.4. The van der Waals surface area contributed by atoms with Crippen molar-refractivity contribution in [1.29, 1.82) is 0 Å². The van der Waals surface area contributed by atoms with Crippen molar-refractivity contribution in [2.45, 2.75) is 63.8 Å². The van der Waals surface area contributed by atoms with Gasteiger partial charge in [-0.05, 0) is 64.3 Å². The summed E-state index contributed by atoms with van der Waals surface area (Å²) in [6.07, 6.45) is 9.00. The van der Waals surface area contributed by atoms with E-state index in [0.29, 0.717) is 39.1 Å². The van der Waals surface area contributed by atoms with Gasteiger partial charge in [-0.1, -0.05) is 24.3 Å². The van der Waals surface area contributed by atoms with E-state index in [4.69, 9.17) is 9.47 Å². The lowest BCUT2D eigenvalue weighted by atomic mass is 9.77. The summed E-state index contributed by atoms with van der Waals surface area (Å²) < 4.78 is 12.2. The van der Waals surface area contributed by atoms with Gasteiger partial charge in [-0.15, -0.1) is 0 Å². The van der Waals surface area contributed by atoms with E-state index in [9.17, 15) is 19.5 Å². The summed E-state index contributed by atoms with van der Waals surface area (Å²) in [5, 5.41) is 9.22. The molecule has 5 atom stereocenters. The molecule has 1 aromatic rings. The predicted octanol–water partition coefficient (Wildman–Crippen LogP) is 2.54. The van der Waals surface area contributed by atoms with Gasteiger partial charge in [-0.2, -0.15) is 0 Å². The number of anilines is 1. The van der Waals surface area contributed by atoms with Crippen LogP contribution in [0.1, 0.15) is 40.0 Å². The molecule has 1 aromatic carbocycles. The fraction of sp³-hybridized carbons (Fsp3) is 0.567. The second kappa shape index (κ2) is 11.1. The molecule has 39 heavy (non-hydrogen) atoms. The van der Waals surface area contributed by atoms with Crippen molar-refractivity contribution >= 4 is 23.4 Å². The van der Waals surface area contributed by atoms with Crippen LogP contribution in [0.15, 0.2) is 48.6 Å². The highest BCUT2D eigenvalue weighted by Gasteiger charge is 2.71. The molecule has 9 heteroatoms. The van der Waals surface area contributed by atoms with Gasteiger partial charge in [0.1, 0.15) is 17.4 Å². The molecular weight excluding hydrogens is 498 g/mol. The number of hydrogen-bond donors (Lipinski definition) is 1. The number of nitrogens with zero attached hydrogens (tertiary/aromatic N) is 3. The number of carbonyl (C=O) groups excluding carboxylic acids is 3. The topological polar surface area (TPSA) is 99.6 Å². The van der Waals surface area contributed by atoms with Gasteiger partial charge in [-0.3, -0.25) is 14.4 Å². The highest BCUT2D eigenvalue weighted by molar-refractivity contribution is 6.03. The molecule has 0 aliphatic carbocycles. The largest absolute Gasteiger partial charge is 0.494 e. The summed E-state index contributed by atoms with van der Waals surface area (Å²) in [5.74, 6) is -1.38. The number of aliphatic hydroxyl groups is 1. The summed E-state index contributed by atoms with van der Waals surface area (Å²) in [5.41, 5.74) is -0.498. The summed E-state index contributed by atoms with van der Waals surface area (Å²) in [7, 11) is 0. The Morgan fingerprint density at radius 2 is 1.79 bits per heavy atom. The second-order valence-electron chi connectivity index (χ2n) is 10.9. The van der Waals surface area contributed by atoms with Gasteiger partial charge < -0.3 is 29.3 Å². The molecule has 1 spiro atoms. The molecule has 9 nitrogen and oxygen atoms in total. The van der Waals surface area contributed by atoms with Crippen LogP contribution >= 0.6 is 0 Å². The van der Waals surface area contributed by atoms with Crippen LogP contribution in [0, 0.1) is 11.8 Å². The fourth-order valence-electron chi connectivity index (χ4n) is 6.55. The minimum Gasteiger partial charge on any atom is -0.494 e. The zero-order valence-electron chi connectivity index (χ0n) is 23.0. The number of carbonyl (C=O) groups is 3. The Kier molecular flexibility index (Phi) is 7.82. The molecule has 0 aromatic heterocycles. The van der Waals surface area contributed by atoms with Crippen LogP contribution in [0.4, 0.5) is 5.69 Å². The molecule has 0 saturated carbocycles. The lowest BCUT2D eigenvalue weighted by Gasteiger charge is -2.36. The number of hydrogen-bond acceptors (Lipinski definition) is 6. The molecular formula is C30H39N3O6. The van der Waals surface area contributed by atoms with Crippen molar-refractivity contribution in [3.8, 4) is 5.75 Å². The predicted molar refractivity (Wildman–Crippen MR) is 146 cm³/mol. The van der Waals surface area contributed by atoms with Gasteiger partial charge in [0.05, 0.1) is 24.5 Å². The Labute approximate surface area is 230 Å². The average molecular weight is 538 g/mol. The molecule has 0 radical (unpaired) electrons. The van der Waals surface area contributed by atoms with Crippen LogP contribution in [0.25, 0.3) is 0 Å². The smallest absolute Gasteiger partial charge is 0.249 e. The van der Waals surface area contributed by atoms with Crippen LogP contribution in [-0.4, -0.2) is 89.3 Å². The maximum atomic E-state index is 14.2. The van der Waals surface area contributed by atoms with Gasteiger partial charge >= 0.3 is 0 Å². The highest BCUT2D eigenvalue weighted by Crippen LogP contribution is 2.53. The number of likely N-dealkylation sites (tertiary alicyclic amines) is 1. The lowest BCUT2D eigenvalue weighted by Crippen LogP contribution is -2.56. The van der Waals surface area contributed by atoms with Crippen molar-refractivity contribution in [1.82, 2.24) is 9.80 Å². The standard InChI is InChI=1S/C30H39N3O6/c1-4-38-22-13-11-21(12-14-22)32-17-8-10-23-24(27(32)35)25-28(36)33(16-6-5-7-19-34)26-29(37)31(20(2)3)18-9-15-30(25,26)39-23/h8-15,20,23-26,34H,4-7,16-19H2,1-3H3/t23-,24+,25+,26?,30+/m1/s1. The Balaban J connectivity index is 1.52. The Morgan fingerprint density at radius 3 is 2.49 bits per heavy atom. The summed E-state index contributed by atoms with van der Waals surface area (Å²) in [6, 6.07) is 6.49. The number of unbranched alkanes of at least 4 members (excludes halogenated alkanes) is 2. The molecule has 4 heterocycles. The van der Waals surface area contributed by atoms with E-state index >= 15 is 0 Å². The minimum absolute atomic E-state index is 0.0498. The van der Waals surface area contributed by atoms with Crippen LogP contribution in [0.2, 0.25) is 0 Å². The number of rotatable bonds is 9. The molecule has 4 aliphatic rings. The minimum atomic E-state index is -1.22. The van der Waals surface area contributed by atoms with Crippen molar-refractivity contribution < 1.29 is 29.0 Å². The number of ether oxygens (including phenoxy) is 2. The monoisotopic (exact) mass is 537 g/mol. The molecule has 2 fully saturated rings. The lowest BCUT2D eigenvalue weighted by molar-refractivity contribution is -0.148. The van der Waals surface area contributed by atoms with Crippen molar-refractivity contribution in [3.05, 3.63) is 48.6 Å². The van der Waals surface area contributed by atoms with Gasteiger partial charge in [0.15, 0.2) is 0 Å². The number of aliphatic hydroxyl groups excluding tert-OH is 1. The number of fused-ring (bicyclic) bond motifs is 2. The summed E-state index contributed by atoms with van der Waals surface area (Å²) >= 11 is 0. The van der Waals surface area contributed by atoms with Crippen LogP contribution < -0.4 is 9.64 Å². The molecule has 1 N–H and O–H groups in total. The van der Waals surface area contributed by atoms with Crippen LogP contribution in [0.3, 0.4) is 0 Å². The van der Waals surface area contributed by atoms with Crippen molar-refractivity contribution in [3.63, 3.8) is 0 Å². The van der Waals surface area contributed by atoms with E-state index in [1.807, 2.05) is 69.3 Å². The van der Waals surface area contributed by atoms with E-state index in [0.717, 1.165) is 17.9 Å². The molecule has 210 valence electrons. The first-order chi connectivity index (χ1) is 18.8. The Morgan fingerprint density at radius 1 is 1.03 bits per heavy atom. The first-order valence-electron chi connectivity index (χ1n) is 14.1. The molecule has 0 bridgehead atoms. The van der Waals surface area contributed by atoms with Gasteiger partial charge in [0, 0.05) is 38.0 Å². The van der Waals surface area contributed by atoms with E-state index in [-0.39, 0.29) is 30.4 Å². The van der Waals surface area contributed by atoms with E-state index in [2.05, 4.69) is 0 Å². The number of amides is 3. The quantitative estimate of drug-likeness (QED) is 0.384. The Bertz CT molecular complexity index is 1150. The third kappa shape index (κ3) is 4.65. The van der Waals surface area contributed by atoms with Crippen molar-refractivity contribution in [2.75, 3.05) is 37.7 Å². The maximum Gasteiger partial charge on any atom is 0.249 e. The molecule has 4 aliphatic heterocycles. The molecule has 1 unspecified atom stereocenters. The highest BCUT2D eigenvalue weighted by atomic mass is 16.5. The Hall–Kier alpha value is -3.17. The SMILES string of the molecule is CCOc1ccc(N2CC=C[C@H]3O[C@]45C=CCN(C(C)C)C(=O)C4N(CCCCCO)C(=O)[C@@H]5[C@H]3C2=O)cc1. The molecule has 3 amide bonds. The third-order valence-electron chi connectivity index (χ3n) is 8.33. The zero-order chi connectivity index (χ0) is 27.7. The van der Waals surface area contributed by atoms with Crippen molar-refractivity contribution in [2.24, 2.45) is 11.8 Å². The van der Waals surface area contributed by atoms with E-state index in [1.165, 1.54) is 0 Å². The summed E-state index contributed by atoms with van der Waals surface area (Å²) in [6.45, 7) is 7.64. The second-order valence-corrected chi connectivity index (χ2v) is 10.9.